The van der Waals surface area contributed by atoms with Gasteiger partial charge in [0.25, 0.3) is 0 Å². The fraction of sp³-hybridized carbons (Fsp3) is 0.450. The Kier molecular flexibility index (Phi) is 6.46. The monoisotopic (exact) mass is 369 g/mol. The van der Waals surface area contributed by atoms with Crippen molar-refractivity contribution in [3.8, 4) is 5.75 Å². The van der Waals surface area contributed by atoms with Crippen molar-refractivity contribution in [2.75, 3.05) is 42.9 Å². The molecule has 7 heteroatoms. The third kappa shape index (κ3) is 5.32. The Labute approximate surface area is 160 Å². The van der Waals surface area contributed by atoms with E-state index in [4.69, 9.17) is 4.74 Å². The van der Waals surface area contributed by atoms with Gasteiger partial charge in [-0.1, -0.05) is 12.1 Å². The predicted molar refractivity (Wildman–Crippen MR) is 106 cm³/mol. The first-order chi connectivity index (χ1) is 13.1. The van der Waals surface area contributed by atoms with Crippen LogP contribution in [0.4, 0.5) is 11.6 Å². The summed E-state index contributed by atoms with van der Waals surface area (Å²) in [5.41, 5.74) is 0.921. The number of piperazine rings is 1. The van der Waals surface area contributed by atoms with E-state index in [1.54, 1.807) is 18.5 Å². The van der Waals surface area contributed by atoms with E-state index in [9.17, 15) is 4.79 Å². The van der Waals surface area contributed by atoms with Crippen LogP contribution in [-0.2, 0) is 4.79 Å². The van der Waals surface area contributed by atoms with Crippen LogP contribution in [0.3, 0.4) is 0 Å². The number of nitrogens with zero attached hydrogens (tertiary/aromatic N) is 4. The molecule has 1 aliphatic rings. The lowest BCUT2D eigenvalue weighted by Crippen LogP contribution is -2.49. The minimum atomic E-state index is 0.111. The summed E-state index contributed by atoms with van der Waals surface area (Å²) in [6.07, 6.45) is 4.05. The van der Waals surface area contributed by atoms with Crippen LogP contribution in [0, 0.1) is 0 Å². The first kappa shape index (κ1) is 18.9. The zero-order valence-electron chi connectivity index (χ0n) is 16.0. The van der Waals surface area contributed by atoms with E-state index in [2.05, 4.69) is 20.2 Å². The Bertz CT molecular complexity index is 730. The molecular formula is C20H27N5O2. The van der Waals surface area contributed by atoms with Crippen molar-refractivity contribution in [1.82, 2.24) is 14.9 Å². The maximum atomic E-state index is 12.5. The second-order valence-corrected chi connectivity index (χ2v) is 6.76. The minimum Gasteiger partial charge on any atom is -0.489 e. The lowest BCUT2D eigenvalue weighted by Gasteiger charge is -2.34. The SMILES string of the molecule is CC(C)Oc1ccccc1NCCC(=O)N1CCN(c2ncccn2)CC1. The zero-order chi connectivity index (χ0) is 19.1. The highest BCUT2D eigenvalue weighted by Gasteiger charge is 2.22. The number of aromatic nitrogens is 2. The third-order valence-corrected chi connectivity index (χ3v) is 4.37. The summed E-state index contributed by atoms with van der Waals surface area (Å²) in [5, 5.41) is 3.32. The Balaban J connectivity index is 1.44. The van der Waals surface area contributed by atoms with Crippen molar-refractivity contribution in [1.29, 1.82) is 0 Å². The molecule has 0 spiro atoms. The highest BCUT2D eigenvalue weighted by molar-refractivity contribution is 5.77. The molecule has 1 saturated heterocycles. The van der Waals surface area contributed by atoms with Gasteiger partial charge < -0.3 is 19.9 Å². The van der Waals surface area contributed by atoms with E-state index < -0.39 is 0 Å². The van der Waals surface area contributed by atoms with Crippen LogP contribution in [0.1, 0.15) is 20.3 Å². The Hall–Kier alpha value is -2.83. The number of amides is 1. The fourth-order valence-electron chi connectivity index (χ4n) is 3.04. The van der Waals surface area contributed by atoms with Crippen molar-refractivity contribution in [3.63, 3.8) is 0 Å². The third-order valence-electron chi connectivity index (χ3n) is 4.37. The molecule has 3 rings (SSSR count). The summed E-state index contributed by atoms with van der Waals surface area (Å²) < 4.78 is 5.80. The topological polar surface area (TPSA) is 70.6 Å². The van der Waals surface area contributed by atoms with Crippen LogP contribution in [0.15, 0.2) is 42.7 Å². The number of para-hydroxylation sites is 2. The largest absolute Gasteiger partial charge is 0.489 e. The number of nitrogens with one attached hydrogen (secondary N) is 1. The van der Waals surface area contributed by atoms with Gasteiger partial charge in [0, 0.05) is 51.5 Å². The molecule has 1 aromatic carbocycles. The lowest BCUT2D eigenvalue weighted by atomic mass is 10.2. The quantitative estimate of drug-likeness (QED) is 0.808. The maximum Gasteiger partial charge on any atom is 0.225 e. The highest BCUT2D eigenvalue weighted by atomic mass is 16.5. The summed E-state index contributed by atoms with van der Waals surface area (Å²) in [4.78, 5) is 25.1. The highest BCUT2D eigenvalue weighted by Crippen LogP contribution is 2.24. The molecule has 1 aromatic heterocycles. The van der Waals surface area contributed by atoms with Crippen LogP contribution in [-0.4, -0.2) is 59.6 Å². The van der Waals surface area contributed by atoms with Crippen molar-refractivity contribution < 1.29 is 9.53 Å². The fourth-order valence-corrected chi connectivity index (χ4v) is 3.04. The molecule has 0 unspecified atom stereocenters. The zero-order valence-corrected chi connectivity index (χ0v) is 16.0. The molecule has 1 amide bonds. The molecule has 1 fully saturated rings. The van der Waals surface area contributed by atoms with Gasteiger partial charge >= 0.3 is 0 Å². The number of hydrogen-bond donors (Lipinski definition) is 1. The molecule has 0 atom stereocenters. The van der Waals surface area contributed by atoms with Crippen molar-refractivity contribution in [2.24, 2.45) is 0 Å². The molecule has 0 aliphatic carbocycles. The maximum absolute atomic E-state index is 12.5. The number of rotatable bonds is 7. The molecule has 2 aromatic rings. The molecule has 144 valence electrons. The van der Waals surface area contributed by atoms with Crippen LogP contribution in [0.25, 0.3) is 0 Å². The van der Waals surface area contributed by atoms with Gasteiger partial charge in [0.15, 0.2) is 0 Å². The predicted octanol–water partition coefficient (Wildman–Crippen LogP) is 2.41. The Morgan fingerprint density at radius 2 is 1.81 bits per heavy atom. The summed E-state index contributed by atoms with van der Waals surface area (Å²) >= 11 is 0. The van der Waals surface area contributed by atoms with Gasteiger partial charge in [-0.2, -0.15) is 0 Å². The lowest BCUT2D eigenvalue weighted by molar-refractivity contribution is -0.131. The average molecular weight is 369 g/mol. The van der Waals surface area contributed by atoms with E-state index in [0.717, 1.165) is 30.5 Å². The van der Waals surface area contributed by atoms with Crippen LogP contribution < -0.4 is 15.0 Å². The first-order valence-electron chi connectivity index (χ1n) is 9.43. The van der Waals surface area contributed by atoms with Gasteiger partial charge in [-0.25, -0.2) is 9.97 Å². The van der Waals surface area contributed by atoms with Gasteiger partial charge in [0.05, 0.1) is 11.8 Å². The Morgan fingerprint density at radius 1 is 1.11 bits per heavy atom. The first-order valence-corrected chi connectivity index (χ1v) is 9.43. The van der Waals surface area contributed by atoms with Gasteiger partial charge in [0.1, 0.15) is 5.75 Å². The second kappa shape index (κ2) is 9.21. The summed E-state index contributed by atoms with van der Waals surface area (Å²) in [5.74, 6) is 1.71. The summed E-state index contributed by atoms with van der Waals surface area (Å²) in [6.45, 7) is 7.50. The van der Waals surface area contributed by atoms with Gasteiger partial charge in [0.2, 0.25) is 11.9 Å². The molecule has 0 saturated carbocycles. The normalized spacial score (nSPS) is 14.3. The van der Waals surface area contributed by atoms with Gasteiger partial charge in [-0.05, 0) is 32.0 Å². The number of anilines is 2. The van der Waals surface area contributed by atoms with E-state index in [1.807, 2.05) is 43.0 Å². The van der Waals surface area contributed by atoms with Crippen molar-refractivity contribution in [3.05, 3.63) is 42.7 Å². The Morgan fingerprint density at radius 3 is 2.52 bits per heavy atom. The minimum absolute atomic E-state index is 0.111. The van der Waals surface area contributed by atoms with Gasteiger partial charge in [-0.15, -0.1) is 0 Å². The van der Waals surface area contributed by atoms with Gasteiger partial charge in [-0.3, -0.25) is 4.79 Å². The molecule has 2 heterocycles. The molecule has 0 bridgehead atoms. The number of benzene rings is 1. The standard InChI is InChI=1S/C20H27N5O2/c1-16(2)27-18-7-4-3-6-17(18)21-11-8-19(26)24-12-14-25(15-13-24)20-22-9-5-10-23-20/h3-7,9-10,16,21H,8,11-15H2,1-2H3. The van der Waals surface area contributed by atoms with E-state index in [0.29, 0.717) is 26.1 Å². The second-order valence-electron chi connectivity index (χ2n) is 6.76. The number of carbonyl (C=O) groups excluding carboxylic acids is 1. The van der Waals surface area contributed by atoms with E-state index >= 15 is 0 Å². The van der Waals surface area contributed by atoms with Crippen molar-refractivity contribution >= 4 is 17.5 Å². The van der Waals surface area contributed by atoms with Crippen molar-refractivity contribution in [2.45, 2.75) is 26.4 Å². The molecule has 7 nitrogen and oxygen atoms in total. The molecule has 1 aliphatic heterocycles. The molecule has 0 radical (unpaired) electrons. The van der Waals surface area contributed by atoms with E-state index in [1.165, 1.54) is 0 Å². The number of ether oxygens (including phenoxy) is 1. The number of hydrogen-bond acceptors (Lipinski definition) is 6. The molecule has 1 N–H and O–H groups in total. The summed E-state index contributed by atoms with van der Waals surface area (Å²) in [7, 11) is 0. The smallest absolute Gasteiger partial charge is 0.225 e. The van der Waals surface area contributed by atoms with Crippen LogP contribution in [0.2, 0.25) is 0 Å². The van der Waals surface area contributed by atoms with Crippen LogP contribution in [0.5, 0.6) is 5.75 Å². The summed E-state index contributed by atoms with van der Waals surface area (Å²) in [6, 6.07) is 9.63. The molecule has 27 heavy (non-hydrogen) atoms. The van der Waals surface area contributed by atoms with E-state index in [-0.39, 0.29) is 12.0 Å². The molecular weight excluding hydrogens is 342 g/mol. The number of carbonyl (C=O) groups is 1. The average Bonchev–Trinajstić information content (AvgIpc) is 2.69. The van der Waals surface area contributed by atoms with Crippen LogP contribution >= 0.6 is 0 Å².